The average Bonchev–Trinajstić information content (AvgIpc) is 3.53. The van der Waals surface area contributed by atoms with Gasteiger partial charge in [0.1, 0.15) is 5.75 Å². The highest BCUT2D eigenvalue weighted by Gasteiger charge is 2.36. The standard InChI is InChI=1S/C36H34O2S/c1-3-5-7-8-9-16-25-36(32-18-12-10-13-19-32,33-20-14-11-15-21-33)38-34-24-23-30(35-22-17-27-39-35)28-31(34)29-37-26-6-4-2/h2-3,6-16,18-20,22-24,28H,1,5,17,25-27,29H2/b8-7-,16-9-. The molecule has 3 aromatic carbocycles. The van der Waals surface area contributed by atoms with E-state index >= 15 is 0 Å². The van der Waals surface area contributed by atoms with E-state index in [2.05, 4.69) is 97.3 Å². The average molecular weight is 531 g/mol. The minimum atomic E-state index is -0.798. The Balaban J connectivity index is 1.79. The van der Waals surface area contributed by atoms with Crippen LogP contribution < -0.4 is 4.74 Å². The lowest BCUT2D eigenvalue weighted by Crippen LogP contribution is -2.34. The third-order valence-corrected chi connectivity index (χ3v) is 7.54. The van der Waals surface area contributed by atoms with Crippen molar-refractivity contribution in [1.29, 1.82) is 0 Å². The molecule has 2 nitrogen and oxygen atoms in total. The molecule has 0 aliphatic carbocycles. The lowest BCUT2D eigenvalue weighted by molar-refractivity contribution is 0.102. The summed E-state index contributed by atoms with van der Waals surface area (Å²) < 4.78 is 13.1. The Morgan fingerprint density at radius 2 is 1.90 bits per heavy atom. The quantitative estimate of drug-likeness (QED) is 0.0896. The van der Waals surface area contributed by atoms with Crippen LogP contribution in [-0.2, 0) is 16.9 Å². The van der Waals surface area contributed by atoms with E-state index in [0.717, 1.165) is 41.0 Å². The Labute approximate surface area is 237 Å². The van der Waals surface area contributed by atoms with Crippen LogP contribution in [0, 0.1) is 12.6 Å². The molecule has 4 rings (SSSR count). The van der Waals surface area contributed by atoms with Crippen molar-refractivity contribution in [3.63, 3.8) is 0 Å². The maximum atomic E-state index is 7.13. The molecule has 3 heteroatoms. The van der Waals surface area contributed by atoms with Gasteiger partial charge in [0.15, 0.2) is 5.60 Å². The van der Waals surface area contributed by atoms with Crippen LogP contribution in [0.1, 0.15) is 41.5 Å². The van der Waals surface area contributed by atoms with Crippen LogP contribution >= 0.6 is 11.8 Å². The zero-order chi connectivity index (χ0) is 27.2. The predicted molar refractivity (Wildman–Crippen MR) is 164 cm³/mol. The van der Waals surface area contributed by atoms with Crippen LogP contribution in [0.5, 0.6) is 5.75 Å². The Hall–Kier alpha value is -3.75. The van der Waals surface area contributed by atoms with Crippen molar-refractivity contribution < 1.29 is 9.47 Å². The molecule has 3 aromatic rings. The highest BCUT2D eigenvalue weighted by atomic mass is 32.2. The van der Waals surface area contributed by atoms with Gasteiger partial charge in [-0.25, -0.2) is 0 Å². The summed E-state index contributed by atoms with van der Waals surface area (Å²) in [4.78, 5) is 1.30. The lowest BCUT2D eigenvalue weighted by Gasteiger charge is -2.36. The Kier molecular flexibility index (Phi) is 10.9. The van der Waals surface area contributed by atoms with Gasteiger partial charge in [-0.05, 0) is 49.3 Å². The number of rotatable bonds is 14. The molecule has 0 fully saturated rings. The second kappa shape index (κ2) is 15.0. The molecular formula is C36H34O2S. The molecule has 2 radical (unpaired) electrons. The van der Waals surface area contributed by atoms with Crippen molar-refractivity contribution in [3.8, 4) is 5.75 Å². The van der Waals surface area contributed by atoms with Crippen LogP contribution in [0.2, 0.25) is 0 Å². The highest BCUT2D eigenvalue weighted by Crippen LogP contribution is 2.41. The number of hydrogen-bond donors (Lipinski definition) is 0. The third kappa shape index (κ3) is 7.65. The van der Waals surface area contributed by atoms with E-state index in [1.165, 1.54) is 10.5 Å². The Morgan fingerprint density at radius 3 is 2.64 bits per heavy atom. The van der Waals surface area contributed by atoms with Gasteiger partial charge in [0.2, 0.25) is 0 Å². The second-order valence-corrected chi connectivity index (χ2v) is 10.2. The van der Waals surface area contributed by atoms with Crippen molar-refractivity contribution in [2.75, 3.05) is 12.4 Å². The Morgan fingerprint density at radius 1 is 1.05 bits per heavy atom. The summed E-state index contributed by atoms with van der Waals surface area (Å²) in [6.45, 7) is 9.96. The first kappa shape index (κ1) is 28.3. The largest absolute Gasteiger partial charge is 0.477 e. The number of ether oxygens (including phenoxy) is 2. The molecule has 1 heterocycles. The smallest absolute Gasteiger partial charge is 0.163 e. The summed E-state index contributed by atoms with van der Waals surface area (Å²) >= 11 is 1.89. The normalized spacial score (nSPS) is 13.4. The Bertz CT molecular complexity index is 1310. The van der Waals surface area contributed by atoms with Gasteiger partial charge >= 0.3 is 0 Å². The monoisotopic (exact) mass is 530 g/mol. The van der Waals surface area contributed by atoms with Gasteiger partial charge in [0, 0.05) is 33.8 Å². The van der Waals surface area contributed by atoms with Crippen LogP contribution in [0.3, 0.4) is 0 Å². The van der Waals surface area contributed by atoms with E-state index < -0.39 is 5.60 Å². The van der Waals surface area contributed by atoms with Gasteiger partial charge in [-0.1, -0.05) is 97.1 Å². The van der Waals surface area contributed by atoms with E-state index in [1.54, 1.807) is 6.08 Å². The third-order valence-electron chi connectivity index (χ3n) is 6.39. The first-order chi connectivity index (χ1) is 19.3. The van der Waals surface area contributed by atoms with E-state index in [0.29, 0.717) is 19.6 Å². The fourth-order valence-corrected chi connectivity index (χ4v) is 5.47. The van der Waals surface area contributed by atoms with Crippen molar-refractivity contribution in [2.24, 2.45) is 0 Å². The molecule has 1 unspecified atom stereocenters. The first-order valence-electron chi connectivity index (χ1n) is 13.2. The van der Waals surface area contributed by atoms with Gasteiger partial charge in [-0.3, -0.25) is 0 Å². The molecule has 0 spiro atoms. The SMILES string of the molecule is [CH]=C=CCOCc1cc(C2=CCCS2)ccc1OC(C/C=C\C=C/CC=C)(c1[c]cccc1)c1ccccc1. The molecule has 0 aromatic heterocycles. The molecule has 39 heavy (non-hydrogen) atoms. The van der Waals surface area contributed by atoms with E-state index in [1.807, 2.05) is 42.1 Å². The van der Waals surface area contributed by atoms with Crippen LogP contribution in [0.25, 0.3) is 4.91 Å². The first-order valence-corrected chi connectivity index (χ1v) is 14.2. The van der Waals surface area contributed by atoms with E-state index in [9.17, 15) is 0 Å². The number of allylic oxidation sites excluding steroid dienone is 5. The molecule has 196 valence electrons. The molecule has 1 aliphatic heterocycles. The molecule has 1 aliphatic rings. The van der Waals surface area contributed by atoms with Crippen LogP contribution in [-0.4, -0.2) is 12.4 Å². The van der Waals surface area contributed by atoms with Gasteiger partial charge in [-0.15, -0.1) is 24.1 Å². The van der Waals surface area contributed by atoms with Gasteiger partial charge in [0.05, 0.1) is 13.2 Å². The van der Waals surface area contributed by atoms with Crippen molar-refractivity contribution >= 4 is 16.7 Å². The number of hydrogen-bond acceptors (Lipinski definition) is 3. The van der Waals surface area contributed by atoms with Crippen molar-refractivity contribution in [3.05, 3.63) is 163 Å². The minimum Gasteiger partial charge on any atom is -0.477 e. The molecule has 0 saturated heterocycles. The molecule has 0 saturated carbocycles. The van der Waals surface area contributed by atoms with E-state index in [4.69, 9.17) is 16.1 Å². The molecule has 1 atom stereocenters. The number of benzene rings is 3. The highest BCUT2D eigenvalue weighted by molar-refractivity contribution is 8.08. The van der Waals surface area contributed by atoms with Crippen LogP contribution in [0.15, 0.2) is 128 Å². The molecule has 0 bridgehead atoms. The minimum absolute atomic E-state index is 0.383. The summed E-state index contributed by atoms with van der Waals surface area (Å²) in [6, 6.07) is 28.3. The summed E-state index contributed by atoms with van der Waals surface area (Å²) in [6.07, 6.45) is 16.8. The maximum Gasteiger partial charge on any atom is 0.163 e. The van der Waals surface area contributed by atoms with Crippen LogP contribution in [0.4, 0.5) is 0 Å². The molecular weight excluding hydrogens is 496 g/mol. The fourth-order valence-electron chi connectivity index (χ4n) is 4.48. The van der Waals surface area contributed by atoms with E-state index in [-0.39, 0.29) is 0 Å². The van der Waals surface area contributed by atoms with Gasteiger partial charge in [0.25, 0.3) is 0 Å². The number of thioether (sulfide) groups is 1. The second-order valence-electron chi connectivity index (χ2n) is 9.07. The fraction of sp³-hybridized carbons (Fsp3) is 0.194. The summed E-state index contributed by atoms with van der Waals surface area (Å²) in [5.74, 6) is 1.89. The summed E-state index contributed by atoms with van der Waals surface area (Å²) in [7, 11) is 0. The summed E-state index contributed by atoms with van der Waals surface area (Å²) in [5, 5.41) is 0. The molecule has 0 amide bonds. The zero-order valence-corrected chi connectivity index (χ0v) is 23.0. The predicted octanol–water partition coefficient (Wildman–Crippen LogP) is 9.03. The zero-order valence-electron chi connectivity index (χ0n) is 22.2. The van der Waals surface area contributed by atoms with Gasteiger partial charge < -0.3 is 9.47 Å². The topological polar surface area (TPSA) is 18.5 Å². The molecule has 0 N–H and O–H groups in total. The van der Waals surface area contributed by atoms with Crippen molar-refractivity contribution in [2.45, 2.75) is 31.5 Å². The maximum absolute atomic E-state index is 7.13. The lowest BCUT2D eigenvalue weighted by atomic mass is 9.83. The summed E-state index contributed by atoms with van der Waals surface area (Å²) in [5.41, 5.74) is 5.92. The van der Waals surface area contributed by atoms with Gasteiger partial charge in [-0.2, -0.15) is 0 Å². The van der Waals surface area contributed by atoms with Crippen molar-refractivity contribution in [1.82, 2.24) is 0 Å².